The van der Waals surface area contributed by atoms with Crippen LogP contribution in [-0.2, 0) is 16.0 Å². The Kier molecular flexibility index (Phi) is 6.84. The van der Waals surface area contributed by atoms with Gasteiger partial charge in [-0.1, -0.05) is 6.92 Å². The van der Waals surface area contributed by atoms with Gasteiger partial charge in [0.05, 0.1) is 12.0 Å². The minimum Gasteiger partial charge on any atom is -0.447 e. The molecule has 1 aliphatic rings. The molecular weight excluding hydrogens is 439 g/mol. The number of anilines is 1. The van der Waals surface area contributed by atoms with E-state index < -0.39 is 37.1 Å². The molecule has 0 unspecified atom stereocenters. The lowest BCUT2D eigenvalue weighted by Gasteiger charge is -2.35. The zero-order chi connectivity index (χ0) is 22.8. The molecule has 1 atom stereocenters. The Hall–Kier alpha value is -2.67. The molecule has 1 fully saturated rings. The van der Waals surface area contributed by atoms with Gasteiger partial charge in [0.25, 0.3) is 5.91 Å². The predicted octanol–water partition coefficient (Wildman–Crippen LogP) is 1.08. The Morgan fingerprint density at radius 2 is 1.97 bits per heavy atom. The molecule has 1 saturated heterocycles. The number of alkyl halides is 3. The molecule has 0 spiro atoms. The first-order chi connectivity index (χ1) is 14.6. The Morgan fingerprint density at radius 3 is 2.52 bits per heavy atom. The molecule has 31 heavy (non-hydrogen) atoms. The van der Waals surface area contributed by atoms with Gasteiger partial charge in [-0.3, -0.25) is 9.59 Å². The number of carbonyl (C=O) groups is 2. The highest BCUT2D eigenvalue weighted by Crippen LogP contribution is 2.33. The molecule has 2 aromatic rings. The fourth-order valence-electron chi connectivity index (χ4n) is 3.17. The summed E-state index contributed by atoms with van der Waals surface area (Å²) < 4.78 is 42.9. The molecule has 0 aromatic carbocycles. The van der Waals surface area contributed by atoms with Crippen LogP contribution in [0.4, 0.5) is 19.0 Å². The third-order valence-electron chi connectivity index (χ3n) is 4.77. The highest BCUT2D eigenvalue weighted by atomic mass is 32.1. The number of hydrogen-bond donors (Lipinski definition) is 2. The monoisotopic (exact) mass is 461 g/mol. The predicted molar refractivity (Wildman–Crippen MR) is 107 cm³/mol. The summed E-state index contributed by atoms with van der Waals surface area (Å²) in [5, 5.41) is 10.0. The molecule has 2 aromatic heterocycles. The molecule has 3 N–H and O–H groups in total. The van der Waals surface area contributed by atoms with Gasteiger partial charge in [0.15, 0.2) is 0 Å². The third kappa shape index (κ3) is 5.53. The van der Waals surface area contributed by atoms with Gasteiger partial charge in [-0.2, -0.15) is 23.1 Å². The van der Waals surface area contributed by atoms with Crippen LogP contribution in [-0.4, -0.2) is 76.9 Å². The summed E-state index contributed by atoms with van der Waals surface area (Å²) in [6.07, 6.45) is -6.58. The molecule has 0 radical (unpaired) electrons. The standard InChI is InChI=1S/C18H22F3N5O4S/c1-2-10-7-11-15(23-17(24-16(11)31-10)30-12(9-27)14(22)29)26-5-3-25(4-6-26)13(28)8-18(19,20)21/h7,12,27H,2-6,8-9H2,1H3,(H2,22,29)/t12-/m0/s1. The summed E-state index contributed by atoms with van der Waals surface area (Å²) in [6.45, 7) is 2.10. The Morgan fingerprint density at radius 1 is 1.29 bits per heavy atom. The Labute approximate surface area is 179 Å². The molecule has 0 bridgehead atoms. The van der Waals surface area contributed by atoms with Crippen molar-refractivity contribution >= 4 is 39.2 Å². The summed E-state index contributed by atoms with van der Waals surface area (Å²) in [5.41, 5.74) is 5.20. The number of halogens is 3. The lowest BCUT2D eigenvalue weighted by atomic mass is 10.2. The van der Waals surface area contributed by atoms with Gasteiger partial charge in [0.1, 0.15) is 17.1 Å². The average molecular weight is 461 g/mol. The number of aliphatic hydroxyl groups is 1. The molecule has 3 rings (SSSR count). The van der Waals surface area contributed by atoms with Crippen molar-refractivity contribution in [3.05, 3.63) is 10.9 Å². The number of primary amides is 1. The quantitative estimate of drug-likeness (QED) is 0.633. The summed E-state index contributed by atoms with van der Waals surface area (Å²) >= 11 is 1.42. The first-order valence-corrected chi connectivity index (χ1v) is 10.4. The highest BCUT2D eigenvalue weighted by Gasteiger charge is 2.35. The summed E-state index contributed by atoms with van der Waals surface area (Å²) in [7, 11) is 0. The molecule has 1 aliphatic heterocycles. The lowest BCUT2D eigenvalue weighted by molar-refractivity contribution is -0.161. The van der Waals surface area contributed by atoms with E-state index in [2.05, 4.69) is 9.97 Å². The van der Waals surface area contributed by atoms with Crippen LogP contribution in [0.15, 0.2) is 6.07 Å². The van der Waals surface area contributed by atoms with Crippen molar-refractivity contribution in [3.8, 4) is 6.01 Å². The first-order valence-electron chi connectivity index (χ1n) is 9.58. The lowest BCUT2D eigenvalue weighted by Crippen LogP contribution is -2.49. The van der Waals surface area contributed by atoms with Gasteiger partial charge < -0.3 is 25.4 Å². The van der Waals surface area contributed by atoms with E-state index in [-0.39, 0.29) is 32.2 Å². The van der Waals surface area contributed by atoms with Crippen molar-refractivity contribution in [2.45, 2.75) is 32.0 Å². The maximum Gasteiger partial charge on any atom is 0.397 e. The minimum absolute atomic E-state index is 0.113. The first kappa shape index (κ1) is 23.0. The van der Waals surface area contributed by atoms with Crippen LogP contribution in [0, 0.1) is 0 Å². The van der Waals surface area contributed by atoms with Crippen LogP contribution in [0.25, 0.3) is 10.2 Å². The minimum atomic E-state index is -4.55. The maximum atomic E-state index is 12.5. The fourth-order valence-corrected chi connectivity index (χ4v) is 4.12. The number of aliphatic hydroxyl groups excluding tert-OH is 1. The number of hydrogen-bond acceptors (Lipinski definition) is 8. The van der Waals surface area contributed by atoms with Crippen molar-refractivity contribution in [2.24, 2.45) is 5.73 Å². The van der Waals surface area contributed by atoms with Crippen LogP contribution in [0.1, 0.15) is 18.2 Å². The topological polar surface area (TPSA) is 122 Å². The van der Waals surface area contributed by atoms with Gasteiger partial charge in [-0.25, -0.2) is 0 Å². The van der Waals surface area contributed by atoms with Crippen molar-refractivity contribution in [3.63, 3.8) is 0 Å². The van der Waals surface area contributed by atoms with Gasteiger partial charge in [-0.15, -0.1) is 11.3 Å². The molecule has 170 valence electrons. The summed E-state index contributed by atoms with van der Waals surface area (Å²) in [4.78, 5) is 36.6. The van der Waals surface area contributed by atoms with Gasteiger partial charge in [0, 0.05) is 31.1 Å². The van der Waals surface area contributed by atoms with E-state index in [4.69, 9.17) is 10.5 Å². The zero-order valence-corrected chi connectivity index (χ0v) is 17.5. The maximum absolute atomic E-state index is 12.5. The Bertz CT molecular complexity index is 960. The number of ether oxygens (including phenoxy) is 1. The van der Waals surface area contributed by atoms with Crippen LogP contribution in [0.2, 0.25) is 0 Å². The number of aryl methyl sites for hydroxylation is 1. The van der Waals surface area contributed by atoms with Crippen LogP contribution in [0.3, 0.4) is 0 Å². The van der Waals surface area contributed by atoms with E-state index in [1.165, 1.54) is 16.2 Å². The number of fused-ring (bicyclic) bond motifs is 1. The molecule has 13 heteroatoms. The number of rotatable bonds is 7. The van der Waals surface area contributed by atoms with Crippen molar-refractivity contribution in [1.82, 2.24) is 14.9 Å². The number of nitrogens with zero attached hydrogens (tertiary/aromatic N) is 4. The van der Waals surface area contributed by atoms with E-state index >= 15 is 0 Å². The van der Waals surface area contributed by atoms with Gasteiger partial charge in [0.2, 0.25) is 12.0 Å². The van der Waals surface area contributed by atoms with Crippen LogP contribution < -0.4 is 15.4 Å². The number of carbonyl (C=O) groups excluding carboxylic acids is 2. The highest BCUT2D eigenvalue weighted by molar-refractivity contribution is 7.18. The molecule has 9 nitrogen and oxygen atoms in total. The fraction of sp³-hybridized carbons (Fsp3) is 0.556. The molecule has 0 aliphatic carbocycles. The second-order valence-electron chi connectivity index (χ2n) is 6.97. The normalized spacial score (nSPS) is 15.9. The van der Waals surface area contributed by atoms with Crippen molar-refractivity contribution in [1.29, 1.82) is 0 Å². The molecule has 0 saturated carbocycles. The number of nitrogens with two attached hydrogens (primary N) is 1. The zero-order valence-electron chi connectivity index (χ0n) is 16.7. The second-order valence-corrected chi connectivity index (χ2v) is 8.08. The van der Waals surface area contributed by atoms with E-state index in [0.717, 1.165) is 16.7 Å². The van der Waals surface area contributed by atoms with E-state index in [1.807, 2.05) is 17.9 Å². The van der Waals surface area contributed by atoms with E-state index in [9.17, 15) is 27.9 Å². The van der Waals surface area contributed by atoms with Crippen molar-refractivity contribution in [2.75, 3.05) is 37.7 Å². The van der Waals surface area contributed by atoms with Crippen molar-refractivity contribution < 1.29 is 32.6 Å². The van der Waals surface area contributed by atoms with Crippen LogP contribution in [0.5, 0.6) is 6.01 Å². The summed E-state index contributed by atoms with van der Waals surface area (Å²) in [5.74, 6) is -1.34. The van der Waals surface area contributed by atoms with E-state index in [1.54, 1.807) is 0 Å². The van der Waals surface area contributed by atoms with Gasteiger partial charge >= 0.3 is 12.2 Å². The van der Waals surface area contributed by atoms with Crippen LogP contribution >= 0.6 is 11.3 Å². The van der Waals surface area contributed by atoms with Gasteiger partial charge in [-0.05, 0) is 12.5 Å². The number of piperazine rings is 1. The molecule has 3 heterocycles. The third-order valence-corrected chi connectivity index (χ3v) is 5.94. The average Bonchev–Trinajstić information content (AvgIpc) is 3.13. The number of aromatic nitrogens is 2. The second kappa shape index (κ2) is 9.22. The SMILES string of the molecule is CCc1cc2c(N3CCN(C(=O)CC(F)(F)F)CC3)nc(O[C@@H](CO)C(N)=O)nc2s1. The largest absolute Gasteiger partial charge is 0.447 e. The number of amides is 2. The summed E-state index contributed by atoms with van der Waals surface area (Å²) in [6, 6.07) is 1.79. The Balaban J connectivity index is 1.84. The number of thiophene rings is 1. The van der Waals surface area contributed by atoms with E-state index in [0.29, 0.717) is 10.6 Å². The molecule has 2 amide bonds. The smallest absolute Gasteiger partial charge is 0.397 e. The molecular formula is C18H22F3N5O4S.